The molecule has 0 fully saturated rings. The Morgan fingerprint density at radius 3 is 2.00 bits per heavy atom. The lowest BCUT2D eigenvalue weighted by Gasteiger charge is -2.10. The van der Waals surface area contributed by atoms with Crippen molar-refractivity contribution in [2.45, 2.75) is 12.2 Å². The second-order valence-electron chi connectivity index (χ2n) is 1.75. The number of aliphatic hydroxyl groups is 2. The first-order chi connectivity index (χ1) is 5.00. The molecule has 0 aromatic carbocycles. The summed E-state index contributed by atoms with van der Waals surface area (Å²) in [6.45, 7) is 0. The number of aliphatic hydroxyl groups excluding tert-OH is 2. The van der Waals surface area contributed by atoms with Gasteiger partial charge in [-0.15, -0.1) is 0 Å². The predicted octanol–water partition coefficient (Wildman–Crippen LogP) is -3.38. The molecule has 0 spiro atoms. The lowest BCUT2D eigenvalue weighted by Crippen LogP contribution is -2.40. The molecule has 0 aromatic rings. The summed E-state index contributed by atoms with van der Waals surface area (Å²) in [7, 11) is 0.0487. The Bertz CT molecular complexity index is 168. The fraction of sp³-hybridized carbons (Fsp3) is 0.500. The van der Waals surface area contributed by atoms with Gasteiger partial charge >= 0.3 is 11.9 Å². The SMILES string of the molecule is O=C(O)C(O)C(O)C(=O)O[SiH3]. The maximum absolute atomic E-state index is 10.4. The minimum Gasteiger partial charge on any atom is -0.527 e. The first-order valence-corrected chi connectivity index (χ1v) is 3.49. The van der Waals surface area contributed by atoms with Crippen molar-refractivity contribution in [2.75, 3.05) is 0 Å². The lowest BCUT2D eigenvalue weighted by molar-refractivity contribution is -0.164. The molecule has 0 aromatic heterocycles. The molecule has 11 heavy (non-hydrogen) atoms. The van der Waals surface area contributed by atoms with Crippen LogP contribution in [0.3, 0.4) is 0 Å². The Labute approximate surface area is 64.9 Å². The number of carbonyl (C=O) groups excluding carboxylic acids is 1. The zero-order chi connectivity index (χ0) is 9.02. The molecule has 0 radical (unpaired) electrons. The molecule has 0 amide bonds. The van der Waals surface area contributed by atoms with E-state index in [0.29, 0.717) is 0 Å². The fourth-order valence-electron chi connectivity index (χ4n) is 0.385. The van der Waals surface area contributed by atoms with Gasteiger partial charge in [-0.2, -0.15) is 0 Å². The molecule has 64 valence electrons. The molecule has 2 atom stereocenters. The van der Waals surface area contributed by atoms with Gasteiger partial charge in [-0.3, -0.25) is 4.79 Å². The number of aliphatic carboxylic acids is 1. The van der Waals surface area contributed by atoms with Gasteiger partial charge in [-0.25, -0.2) is 4.79 Å². The van der Waals surface area contributed by atoms with Crippen LogP contribution in [0.15, 0.2) is 0 Å². The second-order valence-corrected chi connectivity index (χ2v) is 2.16. The number of carbonyl (C=O) groups is 2. The highest BCUT2D eigenvalue weighted by molar-refractivity contribution is 6.06. The number of carboxylic acid groups (broad SMARTS) is 1. The van der Waals surface area contributed by atoms with Crippen molar-refractivity contribution in [1.29, 1.82) is 0 Å². The van der Waals surface area contributed by atoms with Crippen LogP contribution in [0.4, 0.5) is 0 Å². The Morgan fingerprint density at radius 2 is 1.73 bits per heavy atom. The molecule has 2 unspecified atom stereocenters. The Kier molecular flexibility index (Phi) is 3.72. The summed E-state index contributed by atoms with van der Waals surface area (Å²) in [4.78, 5) is 20.4. The molecule has 0 aliphatic carbocycles. The van der Waals surface area contributed by atoms with E-state index in [4.69, 9.17) is 15.3 Å². The summed E-state index contributed by atoms with van der Waals surface area (Å²) in [5, 5.41) is 25.3. The van der Waals surface area contributed by atoms with Crippen molar-refractivity contribution in [3.63, 3.8) is 0 Å². The van der Waals surface area contributed by atoms with Gasteiger partial charge in [-0.05, 0) is 0 Å². The summed E-state index contributed by atoms with van der Waals surface area (Å²) in [6, 6.07) is 0. The molecular weight excluding hydrogens is 172 g/mol. The van der Waals surface area contributed by atoms with Crippen molar-refractivity contribution in [3.8, 4) is 0 Å². The summed E-state index contributed by atoms with van der Waals surface area (Å²) in [5.74, 6) is -2.78. The molecule has 0 aliphatic heterocycles. The van der Waals surface area contributed by atoms with Gasteiger partial charge in [0.1, 0.15) is 0 Å². The zero-order valence-electron chi connectivity index (χ0n) is 5.72. The number of rotatable bonds is 3. The van der Waals surface area contributed by atoms with Crippen LogP contribution in [0.25, 0.3) is 0 Å². The standard InChI is InChI=1S/C4H8O6Si/c5-1(3(7)8)2(6)4(9)10-11/h1-2,5-6H,11H3,(H,7,8). The van der Waals surface area contributed by atoms with Gasteiger partial charge < -0.3 is 19.7 Å². The molecule has 0 saturated carbocycles. The van der Waals surface area contributed by atoms with E-state index >= 15 is 0 Å². The molecule has 0 bridgehead atoms. The minimum absolute atomic E-state index is 0.0487. The quantitative estimate of drug-likeness (QED) is 0.391. The molecular formula is C4H8O6Si. The van der Waals surface area contributed by atoms with Crippen LogP contribution < -0.4 is 0 Å². The van der Waals surface area contributed by atoms with Crippen molar-refractivity contribution in [2.24, 2.45) is 0 Å². The van der Waals surface area contributed by atoms with E-state index in [9.17, 15) is 9.59 Å². The molecule has 3 N–H and O–H groups in total. The highest BCUT2D eigenvalue weighted by Crippen LogP contribution is 1.95. The van der Waals surface area contributed by atoms with E-state index in [0.717, 1.165) is 0 Å². The van der Waals surface area contributed by atoms with Crippen LogP contribution >= 0.6 is 0 Å². The summed E-state index contributed by atoms with van der Waals surface area (Å²) >= 11 is 0. The molecule has 0 rings (SSSR count). The number of hydrogen-bond donors (Lipinski definition) is 3. The fourth-order valence-corrected chi connectivity index (χ4v) is 0.626. The van der Waals surface area contributed by atoms with Gasteiger partial charge in [0.2, 0.25) is 10.5 Å². The van der Waals surface area contributed by atoms with Crippen LogP contribution in [-0.4, -0.2) is 50.0 Å². The molecule has 6 nitrogen and oxygen atoms in total. The van der Waals surface area contributed by atoms with Crippen molar-refractivity contribution in [1.82, 2.24) is 0 Å². The first-order valence-electron chi connectivity index (χ1n) is 2.67. The molecule has 7 heteroatoms. The van der Waals surface area contributed by atoms with E-state index in [1.165, 1.54) is 0 Å². The summed E-state index contributed by atoms with van der Waals surface area (Å²) in [6.07, 6.45) is -4.11. The highest BCUT2D eigenvalue weighted by atomic mass is 28.2. The average molecular weight is 180 g/mol. The van der Waals surface area contributed by atoms with Gasteiger partial charge in [0.25, 0.3) is 0 Å². The maximum Gasteiger partial charge on any atom is 0.335 e. The third-order valence-electron chi connectivity index (χ3n) is 0.995. The van der Waals surface area contributed by atoms with Crippen LogP contribution in [0, 0.1) is 0 Å². The second kappa shape index (κ2) is 4.06. The normalized spacial score (nSPS) is 15.5. The van der Waals surface area contributed by atoms with Gasteiger partial charge in [-0.1, -0.05) is 0 Å². The van der Waals surface area contributed by atoms with E-state index in [1.54, 1.807) is 0 Å². The number of carboxylic acids is 1. The molecule has 0 aliphatic rings. The largest absolute Gasteiger partial charge is 0.527 e. The van der Waals surface area contributed by atoms with Gasteiger partial charge in [0, 0.05) is 0 Å². The monoisotopic (exact) mass is 180 g/mol. The topological polar surface area (TPSA) is 104 Å². The van der Waals surface area contributed by atoms with E-state index < -0.39 is 24.1 Å². The minimum atomic E-state index is -2.11. The van der Waals surface area contributed by atoms with Crippen molar-refractivity contribution in [3.05, 3.63) is 0 Å². The summed E-state index contributed by atoms with van der Waals surface area (Å²) < 4.78 is 4.11. The van der Waals surface area contributed by atoms with Crippen LogP contribution in [0.1, 0.15) is 0 Å². The van der Waals surface area contributed by atoms with E-state index in [1.807, 2.05) is 0 Å². The Hall–Kier alpha value is -0.923. The predicted molar refractivity (Wildman–Crippen MR) is 35.7 cm³/mol. The average Bonchev–Trinajstić information content (AvgIpc) is 2.00. The van der Waals surface area contributed by atoms with E-state index in [-0.39, 0.29) is 10.5 Å². The molecule has 0 saturated heterocycles. The number of hydrogen-bond acceptors (Lipinski definition) is 5. The van der Waals surface area contributed by atoms with Gasteiger partial charge in [0.15, 0.2) is 12.2 Å². The first kappa shape index (κ1) is 10.1. The third-order valence-corrected chi connectivity index (χ3v) is 1.40. The van der Waals surface area contributed by atoms with Crippen LogP contribution in [0.5, 0.6) is 0 Å². The summed E-state index contributed by atoms with van der Waals surface area (Å²) in [5.41, 5.74) is 0. The van der Waals surface area contributed by atoms with Crippen molar-refractivity contribution < 1.29 is 29.3 Å². The van der Waals surface area contributed by atoms with Crippen LogP contribution in [0.2, 0.25) is 0 Å². The van der Waals surface area contributed by atoms with Crippen molar-refractivity contribution >= 4 is 22.4 Å². The Morgan fingerprint density at radius 1 is 1.27 bits per heavy atom. The lowest BCUT2D eigenvalue weighted by atomic mass is 10.2. The molecule has 0 heterocycles. The third kappa shape index (κ3) is 2.66. The van der Waals surface area contributed by atoms with Gasteiger partial charge in [0.05, 0.1) is 0 Å². The maximum atomic E-state index is 10.4. The van der Waals surface area contributed by atoms with E-state index in [2.05, 4.69) is 4.43 Å². The zero-order valence-corrected chi connectivity index (χ0v) is 7.72. The van der Waals surface area contributed by atoms with Crippen LogP contribution in [-0.2, 0) is 14.0 Å². The highest BCUT2D eigenvalue weighted by Gasteiger charge is 2.30. The smallest absolute Gasteiger partial charge is 0.335 e. The Balaban J connectivity index is 4.12.